The van der Waals surface area contributed by atoms with Crippen molar-refractivity contribution in [2.45, 2.75) is 346 Å². The predicted octanol–water partition coefficient (Wildman–Crippen LogP) is 15.6. The van der Waals surface area contributed by atoms with Crippen LogP contribution >= 0.6 is 0 Å². The number of ether oxygens (including phenoxy) is 3. The monoisotopic (exact) mass is 1090 g/mol. The first-order valence-electron chi connectivity index (χ1n) is 32.4. The summed E-state index contributed by atoms with van der Waals surface area (Å²) in [4.78, 5) is 26.5. The molecule has 1 heterocycles. The Morgan fingerprint density at radius 2 is 0.935 bits per heavy atom. The Bertz CT molecular complexity index is 1440. The number of esters is 1. The fourth-order valence-corrected chi connectivity index (χ4v) is 10.2. The number of allylic oxidation sites excluding steroid dienone is 7. The third-order valence-electron chi connectivity index (χ3n) is 15.3. The van der Waals surface area contributed by atoms with Gasteiger partial charge in [0, 0.05) is 6.42 Å². The summed E-state index contributed by atoms with van der Waals surface area (Å²) in [5, 5.41) is 56.9. The van der Waals surface area contributed by atoms with Gasteiger partial charge < -0.3 is 45.1 Å². The third-order valence-corrected chi connectivity index (χ3v) is 15.3. The number of unbranched alkanes of at least 4 members (excludes halogenated alkanes) is 37. The molecule has 0 aromatic heterocycles. The Balaban J connectivity index is 2.57. The smallest absolute Gasteiger partial charge is 0.306 e. The first-order chi connectivity index (χ1) is 37.7. The molecule has 1 amide bonds. The van der Waals surface area contributed by atoms with Gasteiger partial charge in [-0.2, -0.15) is 0 Å². The maximum atomic E-state index is 13.4. The highest BCUT2D eigenvalue weighted by Gasteiger charge is 2.47. The number of aliphatic hydroxyl groups is 5. The first-order valence-corrected chi connectivity index (χ1v) is 32.4. The second-order valence-corrected chi connectivity index (χ2v) is 22.5. The van der Waals surface area contributed by atoms with E-state index in [4.69, 9.17) is 14.2 Å². The summed E-state index contributed by atoms with van der Waals surface area (Å²) >= 11 is 0. The molecule has 0 bridgehead atoms. The molecule has 11 heteroatoms. The largest absolute Gasteiger partial charge is 0.454 e. The number of aliphatic hydroxyl groups excluding tert-OH is 5. The van der Waals surface area contributed by atoms with Crippen LogP contribution in [0.2, 0.25) is 0 Å². The molecule has 0 spiro atoms. The summed E-state index contributed by atoms with van der Waals surface area (Å²) in [6.45, 7) is 5.66. The molecule has 1 rings (SSSR count). The zero-order chi connectivity index (χ0) is 56.1. The highest BCUT2D eigenvalue weighted by Crippen LogP contribution is 2.26. The van der Waals surface area contributed by atoms with E-state index in [1.165, 1.54) is 173 Å². The molecule has 1 aliphatic rings. The van der Waals surface area contributed by atoms with E-state index < -0.39 is 67.4 Å². The van der Waals surface area contributed by atoms with Crippen molar-refractivity contribution in [2.24, 2.45) is 0 Å². The average molecular weight is 1090 g/mol. The van der Waals surface area contributed by atoms with Crippen molar-refractivity contribution in [3.63, 3.8) is 0 Å². The Morgan fingerprint density at radius 3 is 1.39 bits per heavy atom. The van der Waals surface area contributed by atoms with E-state index in [-0.39, 0.29) is 13.0 Å². The van der Waals surface area contributed by atoms with Crippen LogP contribution in [0.25, 0.3) is 0 Å². The minimum absolute atomic E-state index is 0.101. The molecule has 6 N–H and O–H groups in total. The van der Waals surface area contributed by atoms with Gasteiger partial charge in [0.05, 0.1) is 25.4 Å². The highest BCUT2D eigenvalue weighted by molar-refractivity contribution is 5.80. The number of amides is 1. The summed E-state index contributed by atoms with van der Waals surface area (Å²) in [7, 11) is 0. The first kappa shape index (κ1) is 72.6. The maximum Gasteiger partial charge on any atom is 0.306 e. The van der Waals surface area contributed by atoms with Crippen LogP contribution in [0.15, 0.2) is 48.6 Å². The Hall–Kier alpha value is -2.38. The van der Waals surface area contributed by atoms with Crippen molar-refractivity contribution in [3.05, 3.63) is 48.6 Å². The van der Waals surface area contributed by atoms with Gasteiger partial charge in [-0.3, -0.25) is 9.59 Å². The van der Waals surface area contributed by atoms with E-state index in [1.807, 2.05) is 24.3 Å². The lowest BCUT2D eigenvalue weighted by atomic mass is 9.99. The molecule has 11 nitrogen and oxygen atoms in total. The van der Waals surface area contributed by atoms with Gasteiger partial charge in [-0.25, -0.2) is 0 Å². The summed E-state index contributed by atoms with van der Waals surface area (Å²) < 4.78 is 17.6. The van der Waals surface area contributed by atoms with Crippen LogP contribution in [-0.4, -0.2) is 99.6 Å². The molecule has 0 radical (unpaired) electrons. The van der Waals surface area contributed by atoms with Crippen molar-refractivity contribution in [3.8, 4) is 0 Å². The fourth-order valence-electron chi connectivity index (χ4n) is 10.2. The van der Waals surface area contributed by atoms with Crippen LogP contribution in [0.1, 0.15) is 297 Å². The van der Waals surface area contributed by atoms with Gasteiger partial charge in [0.2, 0.25) is 5.91 Å². The Kier molecular flexibility index (Phi) is 51.1. The van der Waals surface area contributed by atoms with Crippen LogP contribution in [-0.2, 0) is 23.8 Å². The van der Waals surface area contributed by atoms with Gasteiger partial charge in [0.15, 0.2) is 12.4 Å². The van der Waals surface area contributed by atoms with E-state index in [0.29, 0.717) is 19.3 Å². The van der Waals surface area contributed by atoms with Crippen molar-refractivity contribution in [1.29, 1.82) is 0 Å². The highest BCUT2D eigenvalue weighted by atomic mass is 16.7. The van der Waals surface area contributed by atoms with Crippen molar-refractivity contribution in [1.82, 2.24) is 5.32 Å². The van der Waals surface area contributed by atoms with Crippen LogP contribution in [0.4, 0.5) is 0 Å². The van der Waals surface area contributed by atoms with Crippen LogP contribution in [0.5, 0.6) is 0 Å². The molecule has 450 valence electrons. The molecule has 1 aliphatic heterocycles. The van der Waals surface area contributed by atoms with Gasteiger partial charge in [-0.05, 0) is 44.9 Å². The molecule has 77 heavy (non-hydrogen) atoms. The van der Waals surface area contributed by atoms with Gasteiger partial charge in [0.25, 0.3) is 0 Å². The van der Waals surface area contributed by atoms with E-state index in [0.717, 1.165) is 77.0 Å². The van der Waals surface area contributed by atoms with E-state index in [9.17, 15) is 35.1 Å². The van der Waals surface area contributed by atoms with Gasteiger partial charge in [0.1, 0.15) is 24.4 Å². The molecule has 0 aliphatic carbocycles. The van der Waals surface area contributed by atoms with E-state index in [2.05, 4.69) is 44.3 Å². The lowest BCUT2D eigenvalue weighted by molar-refractivity contribution is -0.305. The van der Waals surface area contributed by atoms with Crippen molar-refractivity contribution < 1.29 is 49.3 Å². The molecular weight excluding hydrogens is 967 g/mol. The number of carbonyl (C=O) groups excluding carboxylic acids is 2. The number of carbonyl (C=O) groups is 2. The van der Waals surface area contributed by atoms with Gasteiger partial charge >= 0.3 is 5.97 Å². The van der Waals surface area contributed by atoms with Crippen LogP contribution < -0.4 is 5.32 Å². The molecule has 8 atom stereocenters. The molecule has 1 saturated heterocycles. The normalized spacial score (nSPS) is 19.3. The summed E-state index contributed by atoms with van der Waals surface area (Å²) in [6.07, 6.45) is 56.0. The van der Waals surface area contributed by atoms with E-state index in [1.54, 1.807) is 6.08 Å². The van der Waals surface area contributed by atoms with Gasteiger partial charge in [-0.15, -0.1) is 0 Å². The third kappa shape index (κ3) is 42.2. The summed E-state index contributed by atoms with van der Waals surface area (Å²) in [5.41, 5.74) is 0. The number of nitrogens with one attached hydrogen (secondary N) is 1. The lowest BCUT2D eigenvalue weighted by Gasteiger charge is -2.41. The topological polar surface area (TPSA) is 175 Å². The Morgan fingerprint density at radius 1 is 0.519 bits per heavy atom. The van der Waals surface area contributed by atoms with Crippen molar-refractivity contribution in [2.75, 3.05) is 13.2 Å². The minimum Gasteiger partial charge on any atom is -0.454 e. The SMILES string of the molecule is CC/C=C/C=C/C=C\CCCCCCCC(=O)OC1C(OCC(NC(=O)C(O)CCCCCCCCCCCCCCCCCCCCCCCCCC)C(O)/C=C/CCCCCCCCCCC)OC(CO)C(O)C1O. The molecule has 0 saturated carbocycles. The zero-order valence-electron chi connectivity index (χ0n) is 49.8. The van der Waals surface area contributed by atoms with E-state index >= 15 is 0 Å². The summed E-state index contributed by atoms with van der Waals surface area (Å²) in [5.74, 6) is -1.21. The number of rotatable bonds is 55. The summed E-state index contributed by atoms with van der Waals surface area (Å²) in [6, 6.07) is -1.03. The standard InChI is InChI=1S/C66H121NO10/c1-4-7-10-13-16-19-22-24-25-26-27-28-29-30-31-32-33-34-36-38-41-44-47-50-53-59(70)65(74)67-57(58(69)52-49-46-43-40-37-21-18-15-12-9-6-3)56-75-66-64(63(73)62(72)60(55-68)76-66)77-61(71)54-51-48-45-42-39-35-23-20-17-14-11-8-5-2/h8,11,14,17,20,23,49,52,57-60,62-64,66,68-70,72-73H,4-7,9-10,12-13,15-16,18-19,21-22,24-48,50-51,53-56H2,1-3H3,(H,67,74)/b11-8+,17-14+,23-20-,52-49+. The second-order valence-electron chi connectivity index (χ2n) is 22.5. The van der Waals surface area contributed by atoms with Crippen LogP contribution in [0.3, 0.4) is 0 Å². The zero-order valence-corrected chi connectivity index (χ0v) is 49.8. The lowest BCUT2D eigenvalue weighted by Crippen LogP contribution is -2.61. The fraction of sp³-hybridized carbons (Fsp3) is 0.848. The van der Waals surface area contributed by atoms with Crippen LogP contribution in [0, 0.1) is 0 Å². The van der Waals surface area contributed by atoms with Crippen molar-refractivity contribution >= 4 is 11.9 Å². The molecule has 8 unspecified atom stereocenters. The molecule has 1 fully saturated rings. The minimum atomic E-state index is -1.62. The quantitative estimate of drug-likeness (QED) is 0.0149. The molecule has 0 aromatic carbocycles. The predicted molar refractivity (Wildman–Crippen MR) is 320 cm³/mol. The molecular formula is C66H121NO10. The molecule has 0 aromatic rings. The van der Waals surface area contributed by atoms with Gasteiger partial charge in [-0.1, -0.05) is 294 Å². The Labute approximate surface area is 472 Å². The average Bonchev–Trinajstić information content (AvgIpc) is 3.44. The number of hydrogen-bond donors (Lipinski definition) is 6. The maximum absolute atomic E-state index is 13.4. The second kappa shape index (κ2) is 54.2. The number of hydrogen-bond acceptors (Lipinski definition) is 10.